The minimum atomic E-state index is -1.02. The number of ether oxygens (including phenoxy) is 1. The van der Waals surface area contributed by atoms with Crippen LogP contribution in [-0.2, 0) is 11.2 Å². The molecule has 0 saturated carbocycles. The van der Waals surface area contributed by atoms with E-state index < -0.39 is 23.2 Å². The summed E-state index contributed by atoms with van der Waals surface area (Å²) in [6, 6.07) is 9.70. The summed E-state index contributed by atoms with van der Waals surface area (Å²) < 4.78 is 32.1. The second-order valence-electron chi connectivity index (χ2n) is 4.36. The Balaban J connectivity index is 2.51. The lowest BCUT2D eigenvalue weighted by molar-refractivity contribution is 0.0590. The minimum absolute atomic E-state index is 0.392. The molecule has 2 rings (SSSR count). The van der Waals surface area contributed by atoms with E-state index in [4.69, 9.17) is 0 Å². The molecule has 2 nitrogen and oxygen atoms in total. The molecular weight excluding hydrogens is 262 g/mol. The summed E-state index contributed by atoms with van der Waals surface area (Å²) in [5.74, 6) is -2.86. The standard InChI is InChI=1S/C16H14F2O2/c1-3-10-5-4-6-11(7-10)12-8-13(17)15(14(18)9-12)16(19)20-2/h4-9H,3H2,1-2H3. The summed E-state index contributed by atoms with van der Waals surface area (Å²) in [6.07, 6.45) is 0.832. The predicted octanol–water partition coefficient (Wildman–Crippen LogP) is 3.98. The smallest absolute Gasteiger partial charge is 0.343 e. The van der Waals surface area contributed by atoms with Crippen molar-refractivity contribution in [2.24, 2.45) is 0 Å². The van der Waals surface area contributed by atoms with E-state index in [9.17, 15) is 13.6 Å². The number of rotatable bonds is 3. The van der Waals surface area contributed by atoms with Crippen molar-refractivity contribution in [1.82, 2.24) is 0 Å². The SMILES string of the molecule is CCc1cccc(-c2cc(F)c(C(=O)OC)c(F)c2)c1. The van der Waals surface area contributed by atoms with E-state index in [-0.39, 0.29) is 0 Å². The van der Waals surface area contributed by atoms with Gasteiger partial charge in [0.25, 0.3) is 0 Å². The molecule has 0 fully saturated rings. The maximum atomic E-state index is 13.9. The van der Waals surface area contributed by atoms with Crippen LogP contribution in [0.1, 0.15) is 22.8 Å². The van der Waals surface area contributed by atoms with Crippen LogP contribution in [0.25, 0.3) is 11.1 Å². The molecule has 0 spiro atoms. The van der Waals surface area contributed by atoms with Crippen molar-refractivity contribution in [3.8, 4) is 11.1 Å². The lowest BCUT2D eigenvalue weighted by Gasteiger charge is -2.08. The Kier molecular flexibility index (Phi) is 4.13. The largest absolute Gasteiger partial charge is 0.465 e. The molecule has 20 heavy (non-hydrogen) atoms. The summed E-state index contributed by atoms with van der Waals surface area (Å²) in [6.45, 7) is 2.00. The van der Waals surface area contributed by atoms with Crippen LogP contribution >= 0.6 is 0 Å². The van der Waals surface area contributed by atoms with Crippen LogP contribution in [0.4, 0.5) is 8.78 Å². The van der Waals surface area contributed by atoms with Gasteiger partial charge in [0, 0.05) is 0 Å². The van der Waals surface area contributed by atoms with Gasteiger partial charge in [-0.2, -0.15) is 0 Å². The van der Waals surface area contributed by atoms with Crippen molar-refractivity contribution >= 4 is 5.97 Å². The van der Waals surface area contributed by atoms with Gasteiger partial charge in [-0.05, 0) is 35.2 Å². The van der Waals surface area contributed by atoms with E-state index in [2.05, 4.69) is 4.74 Å². The quantitative estimate of drug-likeness (QED) is 0.793. The zero-order valence-corrected chi connectivity index (χ0v) is 11.2. The Hall–Kier alpha value is -2.23. The molecule has 0 heterocycles. The van der Waals surface area contributed by atoms with Crippen LogP contribution in [0, 0.1) is 11.6 Å². The van der Waals surface area contributed by atoms with Crippen molar-refractivity contribution in [2.45, 2.75) is 13.3 Å². The molecular formula is C16H14F2O2. The molecule has 0 aromatic heterocycles. The van der Waals surface area contributed by atoms with Crippen LogP contribution in [0.15, 0.2) is 36.4 Å². The van der Waals surface area contributed by atoms with Gasteiger partial charge < -0.3 is 4.74 Å². The number of carbonyl (C=O) groups excluding carboxylic acids is 1. The summed E-state index contributed by atoms with van der Waals surface area (Å²) in [5, 5.41) is 0. The zero-order valence-electron chi connectivity index (χ0n) is 11.2. The molecule has 0 bridgehead atoms. The molecule has 0 aliphatic heterocycles. The Bertz CT molecular complexity index is 628. The van der Waals surface area contributed by atoms with Gasteiger partial charge in [-0.15, -0.1) is 0 Å². The number of carbonyl (C=O) groups is 1. The van der Waals surface area contributed by atoms with Crippen molar-refractivity contribution in [1.29, 1.82) is 0 Å². The maximum Gasteiger partial charge on any atom is 0.343 e. The average Bonchev–Trinajstić information content (AvgIpc) is 2.46. The number of hydrogen-bond donors (Lipinski definition) is 0. The summed E-state index contributed by atoms with van der Waals surface area (Å²) in [5.41, 5.74) is 1.50. The van der Waals surface area contributed by atoms with Gasteiger partial charge in [-0.3, -0.25) is 0 Å². The van der Waals surface area contributed by atoms with Crippen molar-refractivity contribution in [3.05, 3.63) is 59.2 Å². The molecule has 0 unspecified atom stereocenters. The molecule has 0 saturated heterocycles. The van der Waals surface area contributed by atoms with Crippen LogP contribution in [0.2, 0.25) is 0 Å². The molecule has 104 valence electrons. The third-order valence-electron chi connectivity index (χ3n) is 3.10. The molecule has 4 heteroatoms. The van der Waals surface area contributed by atoms with Crippen LogP contribution in [-0.4, -0.2) is 13.1 Å². The van der Waals surface area contributed by atoms with Gasteiger partial charge in [0.2, 0.25) is 0 Å². The molecule has 2 aromatic carbocycles. The molecule has 0 aliphatic carbocycles. The normalized spacial score (nSPS) is 10.4. The highest BCUT2D eigenvalue weighted by Crippen LogP contribution is 2.25. The topological polar surface area (TPSA) is 26.3 Å². The number of aryl methyl sites for hydroxylation is 1. The van der Waals surface area contributed by atoms with Crippen molar-refractivity contribution in [3.63, 3.8) is 0 Å². The maximum absolute atomic E-state index is 13.9. The second-order valence-corrected chi connectivity index (χ2v) is 4.36. The van der Waals surface area contributed by atoms with Crippen LogP contribution in [0.3, 0.4) is 0 Å². The summed E-state index contributed by atoms with van der Waals surface area (Å²) >= 11 is 0. The lowest BCUT2D eigenvalue weighted by atomic mass is 10.00. The molecule has 0 N–H and O–H groups in total. The number of benzene rings is 2. The molecule has 2 aromatic rings. The van der Waals surface area contributed by atoms with Gasteiger partial charge in [0.15, 0.2) is 0 Å². The molecule has 0 atom stereocenters. The van der Waals surface area contributed by atoms with Gasteiger partial charge >= 0.3 is 5.97 Å². The minimum Gasteiger partial charge on any atom is -0.465 e. The first-order valence-electron chi connectivity index (χ1n) is 6.23. The summed E-state index contributed by atoms with van der Waals surface area (Å²) in [4.78, 5) is 11.3. The number of halogens is 2. The van der Waals surface area contributed by atoms with Gasteiger partial charge in [0.05, 0.1) is 7.11 Å². The first-order valence-corrected chi connectivity index (χ1v) is 6.23. The number of esters is 1. The highest BCUT2D eigenvalue weighted by molar-refractivity contribution is 5.90. The van der Waals surface area contributed by atoms with E-state index in [1.807, 2.05) is 25.1 Å². The lowest BCUT2D eigenvalue weighted by Crippen LogP contribution is -2.08. The number of hydrogen-bond acceptors (Lipinski definition) is 2. The second kappa shape index (κ2) is 5.82. The highest BCUT2D eigenvalue weighted by atomic mass is 19.1. The third kappa shape index (κ3) is 2.69. The first kappa shape index (κ1) is 14.2. The van der Waals surface area contributed by atoms with E-state index in [0.29, 0.717) is 11.1 Å². The predicted molar refractivity (Wildman–Crippen MR) is 72.5 cm³/mol. The van der Waals surface area contributed by atoms with Gasteiger partial charge in [-0.1, -0.05) is 31.2 Å². The third-order valence-corrected chi connectivity index (χ3v) is 3.10. The summed E-state index contributed by atoms with van der Waals surface area (Å²) in [7, 11) is 1.08. The van der Waals surface area contributed by atoms with Gasteiger partial charge in [-0.25, -0.2) is 13.6 Å². The number of methoxy groups -OCH3 is 1. The monoisotopic (exact) mass is 276 g/mol. The molecule has 0 radical (unpaired) electrons. The fraction of sp³-hybridized carbons (Fsp3) is 0.188. The van der Waals surface area contributed by atoms with E-state index in [0.717, 1.165) is 31.2 Å². The zero-order chi connectivity index (χ0) is 14.7. The average molecular weight is 276 g/mol. The van der Waals surface area contributed by atoms with Gasteiger partial charge in [0.1, 0.15) is 17.2 Å². The van der Waals surface area contributed by atoms with Crippen LogP contribution < -0.4 is 0 Å². The Morgan fingerprint density at radius 1 is 1.10 bits per heavy atom. The Labute approximate surface area is 116 Å². The Morgan fingerprint density at radius 3 is 2.30 bits per heavy atom. The molecule has 0 aliphatic rings. The van der Waals surface area contributed by atoms with Crippen molar-refractivity contribution in [2.75, 3.05) is 7.11 Å². The molecule has 0 amide bonds. The van der Waals surface area contributed by atoms with E-state index in [1.165, 1.54) is 0 Å². The van der Waals surface area contributed by atoms with Crippen molar-refractivity contribution < 1.29 is 18.3 Å². The van der Waals surface area contributed by atoms with Crippen LogP contribution in [0.5, 0.6) is 0 Å². The van der Waals surface area contributed by atoms with E-state index >= 15 is 0 Å². The fourth-order valence-corrected chi connectivity index (χ4v) is 2.01. The first-order chi connectivity index (χ1) is 9.56. The highest BCUT2D eigenvalue weighted by Gasteiger charge is 2.19. The van der Waals surface area contributed by atoms with E-state index in [1.54, 1.807) is 6.07 Å². The Morgan fingerprint density at radius 2 is 1.75 bits per heavy atom. The fourth-order valence-electron chi connectivity index (χ4n) is 2.01.